The van der Waals surface area contributed by atoms with Gasteiger partial charge in [-0.3, -0.25) is 4.79 Å². The number of rotatable bonds is 2. The number of pyridine rings is 1. The molecule has 2 aromatic rings. The number of H-pyrrole nitrogens is 1. The second kappa shape index (κ2) is 5.58. The van der Waals surface area contributed by atoms with Gasteiger partial charge in [-0.2, -0.15) is 10.5 Å². The van der Waals surface area contributed by atoms with E-state index in [0.717, 1.165) is 0 Å². The number of nitrogens with zero attached hydrogens (tertiary/aromatic N) is 2. The monoisotopic (exact) mass is 300 g/mol. The number of methoxy groups -OCH3 is 1. The van der Waals surface area contributed by atoms with Crippen LogP contribution in [0.1, 0.15) is 11.1 Å². The summed E-state index contributed by atoms with van der Waals surface area (Å²) in [5.74, 6) is 0.246. The zero-order chi connectivity index (χ0) is 15.6. The summed E-state index contributed by atoms with van der Waals surface area (Å²) in [6, 6.07) is 8.51. The molecular formula is C14H9ClN4O2. The van der Waals surface area contributed by atoms with Gasteiger partial charge in [-0.25, -0.2) is 0 Å². The summed E-state index contributed by atoms with van der Waals surface area (Å²) in [6.07, 6.45) is 0. The maximum atomic E-state index is 11.9. The molecule has 0 aliphatic heterocycles. The summed E-state index contributed by atoms with van der Waals surface area (Å²) in [7, 11) is 1.44. The van der Waals surface area contributed by atoms with E-state index in [0.29, 0.717) is 11.3 Å². The summed E-state index contributed by atoms with van der Waals surface area (Å²) in [4.78, 5) is 14.1. The average Bonchev–Trinajstić information content (AvgIpc) is 2.47. The summed E-state index contributed by atoms with van der Waals surface area (Å²) in [5, 5.41) is 18.6. The van der Waals surface area contributed by atoms with Gasteiger partial charge in [-0.1, -0.05) is 23.7 Å². The van der Waals surface area contributed by atoms with E-state index in [-0.39, 0.29) is 27.5 Å². The molecule has 0 aliphatic rings. The highest BCUT2D eigenvalue weighted by molar-refractivity contribution is 6.35. The van der Waals surface area contributed by atoms with Crippen molar-refractivity contribution in [1.82, 2.24) is 4.98 Å². The van der Waals surface area contributed by atoms with Crippen LogP contribution in [-0.2, 0) is 0 Å². The molecule has 3 N–H and O–H groups in total. The Kier molecular flexibility index (Phi) is 3.84. The van der Waals surface area contributed by atoms with Crippen LogP contribution in [0.2, 0.25) is 5.02 Å². The Hall–Kier alpha value is -2.96. The van der Waals surface area contributed by atoms with Crippen molar-refractivity contribution in [1.29, 1.82) is 10.5 Å². The quantitative estimate of drug-likeness (QED) is 0.880. The van der Waals surface area contributed by atoms with Gasteiger partial charge in [0.1, 0.15) is 34.8 Å². The SMILES string of the molecule is COc1cccc(-c2c(C#N)c(N)[nH]c(=O)c2C#N)c1Cl. The number of nitriles is 2. The maximum Gasteiger partial charge on any atom is 0.268 e. The molecule has 104 valence electrons. The molecule has 0 unspecified atom stereocenters. The third kappa shape index (κ3) is 2.29. The highest BCUT2D eigenvalue weighted by atomic mass is 35.5. The third-order valence-electron chi connectivity index (χ3n) is 2.92. The summed E-state index contributed by atoms with van der Waals surface area (Å²) < 4.78 is 5.10. The molecule has 0 spiro atoms. The molecule has 0 radical (unpaired) electrons. The largest absolute Gasteiger partial charge is 0.495 e. The van der Waals surface area contributed by atoms with E-state index in [1.165, 1.54) is 7.11 Å². The first-order chi connectivity index (χ1) is 10.0. The number of nitrogens with one attached hydrogen (secondary N) is 1. The molecule has 7 heteroatoms. The number of hydrogen-bond donors (Lipinski definition) is 2. The molecule has 0 fully saturated rings. The van der Waals surface area contributed by atoms with Crippen LogP contribution in [0.15, 0.2) is 23.0 Å². The first-order valence-electron chi connectivity index (χ1n) is 5.74. The molecule has 0 saturated carbocycles. The minimum Gasteiger partial charge on any atom is -0.495 e. The van der Waals surface area contributed by atoms with Crippen LogP contribution in [0.25, 0.3) is 11.1 Å². The zero-order valence-electron chi connectivity index (χ0n) is 10.9. The molecule has 6 nitrogen and oxygen atoms in total. The number of anilines is 1. The molecule has 0 bridgehead atoms. The minimum atomic E-state index is -0.678. The van der Waals surface area contributed by atoms with Crippen molar-refractivity contribution in [2.45, 2.75) is 0 Å². The van der Waals surface area contributed by atoms with Gasteiger partial charge in [0.25, 0.3) is 5.56 Å². The second-order valence-corrected chi connectivity index (χ2v) is 4.42. The van der Waals surface area contributed by atoms with E-state index < -0.39 is 5.56 Å². The standard InChI is InChI=1S/C14H9ClN4O2/c1-21-10-4-2-3-7(12(10)15)11-8(5-16)13(18)19-14(20)9(11)6-17/h2-4H,1H3,(H3,18,19,20). The fourth-order valence-electron chi connectivity index (χ4n) is 1.97. The van der Waals surface area contributed by atoms with E-state index >= 15 is 0 Å². The van der Waals surface area contributed by atoms with E-state index in [1.54, 1.807) is 24.3 Å². The Morgan fingerprint density at radius 1 is 1.29 bits per heavy atom. The summed E-state index contributed by atoms with van der Waals surface area (Å²) in [5.41, 5.74) is 5.17. The van der Waals surface area contributed by atoms with Crippen LogP contribution in [0, 0.1) is 22.7 Å². The zero-order valence-corrected chi connectivity index (χ0v) is 11.7. The Morgan fingerprint density at radius 2 is 1.95 bits per heavy atom. The van der Waals surface area contributed by atoms with Crippen molar-refractivity contribution < 1.29 is 4.74 Å². The fourth-order valence-corrected chi connectivity index (χ4v) is 2.27. The van der Waals surface area contributed by atoms with Crippen molar-refractivity contribution >= 4 is 17.4 Å². The van der Waals surface area contributed by atoms with Crippen LogP contribution >= 0.6 is 11.6 Å². The fraction of sp³-hybridized carbons (Fsp3) is 0.0714. The molecule has 1 heterocycles. The lowest BCUT2D eigenvalue weighted by Crippen LogP contribution is -2.16. The van der Waals surface area contributed by atoms with Crippen LogP contribution in [-0.4, -0.2) is 12.1 Å². The van der Waals surface area contributed by atoms with Gasteiger partial charge in [-0.15, -0.1) is 0 Å². The van der Waals surface area contributed by atoms with Crippen molar-refractivity contribution in [2.24, 2.45) is 0 Å². The highest BCUT2D eigenvalue weighted by Gasteiger charge is 2.21. The molecule has 0 amide bonds. The van der Waals surface area contributed by atoms with Gasteiger partial charge in [0.15, 0.2) is 0 Å². The van der Waals surface area contributed by atoms with Gasteiger partial charge in [0, 0.05) is 11.1 Å². The predicted molar refractivity (Wildman–Crippen MR) is 77.9 cm³/mol. The number of aromatic nitrogens is 1. The van der Waals surface area contributed by atoms with Gasteiger partial charge >= 0.3 is 0 Å². The van der Waals surface area contributed by atoms with Crippen LogP contribution < -0.4 is 16.0 Å². The van der Waals surface area contributed by atoms with E-state index in [9.17, 15) is 15.3 Å². The smallest absolute Gasteiger partial charge is 0.268 e. The topological polar surface area (TPSA) is 116 Å². The Morgan fingerprint density at radius 3 is 2.52 bits per heavy atom. The number of ether oxygens (including phenoxy) is 1. The molecular weight excluding hydrogens is 292 g/mol. The van der Waals surface area contributed by atoms with Crippen molar-refractivity contribution in [3.05, 3.63) is 44.7 Å². The van der Waals surface area contributed by atoms with Gasteiger partial charge in [0.05, 0.1) is 12.1 Å². The molecule has 0 saturated heterocycles. The van der Waals surface area contributed by atoms with Gasteiger partial charge < -0.3 is 15.5 Å². The molecule has 0 aliphatic carbocycles. The molecule has 1 aromatic carbocycles. The first-order valence-corrected chi connectivity index (χ1v) is 6.11. The lowest BCUT2D eigenvalue weighted by molar-refractivity contribution is 0.415. The van der Waals surface area contributed by atoms with Crippen LogP contribution in [0.4, 0.5) is 5.82 Å². The molecule has 1 aromatic heterocycles. The van der Waals surface area contributed by atoms with E-state index in [2.05, 4.69) is 4.98 Å². The number of nitrogens with two attached hydrogens (primary N) is 1. The maximum absolute atomic E-state index is 11.9. The highest BCUT2D eigenvalue weighted by Crippen LogP contribution is 2.38. The Bertz CT molecular complexity index is 859. The summed E-state index contributed by atoms with van der Waals surface area (Å²) in [6.45, 7) is 0. The number of hydrogen-bond acceptors (Lipinski definition) is 5. The molecule has 21 heavy (non-hydrogen) atoms. The lowest BCUT2D eigenvalue weighted by atomic mass is 9.96. The predicted octanol–water partition coefficient (Wildman–Crippen LogP) is 2.03. The van der Waals surface area contributed by atoms with Crippen molar-refractivity contribution in [3.8, 4) is 29.0 Å². The van der Waals surface area contributed by atoms with Crippen LogP contribution in [0.5, 0.6) is 5.75 Å². The second-order valence-electron chi connectivity index (χ2n) is 4.04. The third-order valence-corrected chi connectivity index (χ3v) is 3.31. The number of aromatic amines is 1. The summed E-state index contributed by atoms with van der Waals surface area (Å²) >= 11 is 6.21. The average molecular weight is 301 g/mol. The van der Waals surface area contributed by atoms with Crippen molar-refractivity contribution in [3.63, 3.8) is 0 Å². The van der Waals surface area contributed by atoms with Crippen LogP contribution in [0.3, 0.4) is 0 Å². The van der Waals surface area contributed by atoms with E-state index in [4.69, 9.17) is 22.1 Å². The Labute approximate surface area is 125 Å². The number of benzene rings is 1. The normalized spacial score (nSPS) is 9.71. The van der Waals surface area contributed by atoms with Gasteiger partial charge in [-0.05, 0) is 6.07 Å². The molecule has 0 atom stereocenters. The molecule has 2 rings (SSSR count). The number of halogens is 1. The van der Waals surface area contributed by atoms with Gasteiger partial charge in [0.2, 0.25) is 0 Å². The number of nitrogen functional groups attached to an aromatic ring is 1. The van der Waals surface area contributed by atoms with E-state index in [1.807, 2.05) is 6.07 Å². The lowest BCUT2D eigenvalue weighted by Gasteiger charge is -2.12. The first kappa shape index (κ1) is 14.4. The van der Waals surface area contributed by atoms with Crippen molar-refractivity contribution in [2.75, 3.05) is 12.8 Å². The minimum absolute atomic E-state index is 0.0127. The Balaban J connectivity index is 2.97.